The molecule has 0 spiro atoms. The molecule has 1 saturated heterocycles. The van der Waals surface area contributed by atoms with Crippen LogP contribution in [0.4, 0.5) is 5.69 Å². The second kappa shape index (κ2) is 8.98. The van der Waals surface area contributed by atoms with Crippen molar-refractivity contribution in [3.8, 4) is 0 Å². The van der Waals surface area contributed by atoms with Gasteiger partial charge in [-0.1, -0.05) is 57.2 Å². The van der Waals surface area contributed by atoms with Gasteiger partial charge in [0.15, 0.2) is 5.17 Å². The Labute approximate surface area is 152 Å². The molecule has 1 fully saturated rings. The molecule has 1 aliphatic heterocycles. The highest BCUT2D eigenvalue weighted by atomic mass is 35.5. The van der Waals surface area contributed by atoms with E-state index in [4.69, 9.17) is 4.99 Å². The van der Waals surface area contributed by atoms with Gasteiger partial charge in [0.25, 0.3) is 0 Å². The van der Waals surface area contributed by atoms with Gasteiger partial charge in [-0.05, 0) is 43.7 Å². The average molecular weight is 355 g/mol. The highest BCUT2D eigenvalue weighted by Gasteiger charge is 2.31. The summed E-state index contributed by atoms with van der Waals surface area (Å²) in [5.41, 5.74) is 3.69. The van der Waals surface area contributed by atoms with Crippen LogP contribution >= 0.6 is 24.2 Å². The van der Waals surface area contributed by atoms with Gasteiger partial charge in [0.05, 0.1) is 5.69 Å². The molecular weight excluding hydrogens is 324 g/mol. The molecule has 0 radical (unpaired) electrons. The van der Waals surface area contributed by atoms with Crippen molar-refractivity contribution in [2.45, 2.75) is 54.0 Å². The van der Waals surface area contributed by atoms with Crippen LogP contribution < -0.4 is 0 Å². The van der Waals surface area contributed by atoms with Crippen LogP contribution in [0, 0.1) is 25.7 Å². The third kappa shape index (κ3) is 5.72. The predicted octanol–water partition coefficient (Wildman–Crippen LogP) is 5.83. The maximum atomic E-state index is 5.00. The Bertz CT molecular complexity index is 540. The summed E-state index contributed by atoms with van der Waals surface area (Å²) < 4.78 is 0. The summed E-state index contributed by atoms with van der Waals surface area (Å²) in [6.45, 7) is 14.6. The van der Waals surface area contributed by atoms with E-state index in [9.17, 15) is 0 Å². The molecule has 0 unspecified atom stereocenters. The van der Waals surface area contributed by atoms with Gasteiger partial charge in [0.1, 0.15) is 0 Å². The molecule has 1 aliphatic rings. The number of aryl methyl sites for hydroxylation is 2. The lowest BCUT2D eigenvalue weighted by Crippen LogP contribution is -2.37. The van der Waals surface area contributed by atoms with Gasteiger partial charge in [-0.2, -0.15) is 0 Å². The Morgan fingerprint density at radius 3 is 2.43 bits per heavy atom. The predicted molar refractivity (Wildman–Crippen MR) is 108 cm³/mol. The molecular formula is C19H31ClN2S. The molecule has 2 nitrogen and oxygen atoms in total. The minimum Gasteiger partial charge on any atom is -0.347 e. The van der Waals surface area contributed by atoms with E-state index in [1.54, 1.807) is 0 Å². The lowest BCUT2D eigenvalue weighted by molar-refractivity contribution is 0.279. The van der Waals surface area contributed by atoms with Crippen molar-refractivity contribution in [3.05, 3.63) is 29.3 Å². The SMILES string of the molecule is Cc1ccc(N=C2SC[C@H](CC(C)C)N2CC(C)C)c(C)c1.Cl. The average Bonchev–Trinajstić information content (AvgIpc) is 2.74. The molecule has 1 aromatic carbocycles. The molecule has 1 heterocycles. The van der Waals surface area contributed by atoms with Gasteiger partial charge in [-0.15, -0.1) is 12.4 Å². The van der Waals surface area contributed by atoms with Gasteiger partial charge in [0.2, 0.25) is 0 Å². The van der Waals surface area contributed by atoms with Crippen molar-refractivity contribution in [2.24, 2.45) is 16.8 Å². The number of aliphatic imine (C=N–C) groups is 1. The summed E-state index contributed by atoms with van der Waals surface area (Å²) in [6, 6.07) is 7.17. The van der Waals surface area contributed by atoms with Gasteiger partial charge in [-0.3, -0.25) is 0 Å². The number of amidine groups is 1. The zero-order chi connectivity index (χ0) is 16.3. The molecule has 0 saturated carbocycles. The fourth-order valence-corrected chi connectivity index (χ4v) is 4.20. The van der Waals surface area contributed by atoms with E-state index in [0.717, 1.165) is 18.2 Å². The van der Waals surface area contributed by atoms with Crippen LogP contribution in [0.2, 0.25) is 0 Å². The lowest BCUT2D eigenvalue weighted by atomic mass is 10.0. The quantitative estimate of drug-likeness (QED) is 0.660. The number of nitrogens with zero attached hydrogens (tertiary/aromatic N) is 2. The molecule has 1 aromatic rings. The van der Waals surface area contributed by atoms with Crippen molar-refractivity contribution in [2.75, 3.05) is 12.3 Å². The number of thioether (sulfide) groups is 1. The second-order valence-corrected chi connectivity index (χ2v) is 8.31. The molecule has 23 heavy (non-hydrogen) atoms. The number of rotatable bonds is 5. The van der Waals surface area contributed by atoms with Gasteiger partial charge in [0, 0.05) is 18.3 Å². The fourth-order valence-electron chi connectivity index (χ4n) is 2.99. The standard InChI is InChI=1S/C19H30N2S.ClH/c1-13(2)9-17-12-22-19(21(17)11-14(3)4)20-18-8-7-15(5)10-16(18)6;/h7-8,10,13-14,17H,9,11-12H2,1-6H3;1H/t17-;/m0./s1. The lowest BCUT2D eigenvalue weighted by Gasteiger charge is -2.29. The minimum absolute atomic E-state index is 0. The zero-order valence-electron chi connectivity index (χ0n) is 15.3. The Hall–Kier alpha value is -0.670. The maximum Gasteiger partial charge on any atom is 0.164 e. The summed E-state index contributed by atoms with van der Waals surface area (Å²) in [7, 11) is 0. The third-order valence-electron chi connectivity index (χ3n) is 3.97. The van der Waals surface area contributed by atoms with Crippen LogP contribution in [0.15, 0.2) is 23.2 Å². The van der Waals surface area contributed by atoms with E-state index in [2.05, 4.69) is 64.6 Å². The van der Waals surface area contributed by atoms with E-state index in [0.29, 0.717) is 12.0 Å². The normalized spacial score (nSPS) is 19.7. The molecule has 130 valence electrons. The second-order valence-electron chi connectivity index (χ2n) is 7.32. The number of hydrogen-bond acceptors (Lipinski definition) is 2. The van der Waals surface area contributed by atoms with Crippen molar-refractivity contribution in [1.29, 1.82) is 0 Å². The van der Waals surface area contributed by atoms with Crippen molar-refractivity contribution in [1.82, 2.24) is 4.90 Å². The number of hydrogen-bond donors (Lipinski definition) is 0. The zero-order valence-corrected chi connectivity index (χ0v) is 16.9. The molecule has 4 heteroatoms. The molecule has 0 aromatic heterocycles. The summed E-state index contributed by atoms with van der Waals surface area (Å²) in [5.74, 6) is 2.58. The summed E-state index contributed by atoms with van der Waals surface area (Å²) >= 11 is 1.93. The highest BCUT2D eigenvalue weighted by molar-refractivity contribution is 8.14. The van der Waals surface area contributed by atoms with E-state index in [-0.39, 0.29) is 12.4 Å². The first-order valence-corrected chi connectivity index (χ1v) is 9.40. The Morgan fingerprint density at radius 1 is 1.17 bits per heavy atom. The smallest absolute Gasteiger partial charge is 0.164 e. The van der Waals surface area contributed by atoms with E-state index >= 15 is 0 Å². The highest BCUT2D eigenvalue weighted by Crippen LogP contribution is 2.32. The van der Waals surface area contributed by atoms with Crippen molar-refractivity contribution < 1.29 is 0 Å². The van der Waals surface area contributed by atoms with E-state index in [1.165, 1.54) is 28.5 Å². The minimum atomic E-state index is 0. The van der Waals surface area contributed by atoms with Crippen molar-refractivity contribution in [3.63, 3.8) is 0 Å². The molecule has 0 N–H and O–H groups in total. The Kier molecular flexibility index (Phi) is 7.96. The summed E-state index contributed by atoms with van der Waals surface area (Å²) in [5, 5.41) is 1.21. The Morgan fingerprint density at radius 2 is 1.87 bits per heavy atom. The van der Waals surface area contributed by atoms with Gasteiger partial charge in [-0.25, -0.2) is 4.99 Å². The fraction of sp³-hybridized carbons (Fsp3) is 0.632. The molecule has 1 atom stereocenters. The first kappa shape index (κ1) is 20.4. The summed E-state index contributed by atoms with van der Waals surface area (Å²) in [4.78, 5) is 7.55. The van der Waals surface area contributed by atoms with Gasteiger partial charge < -0.3 is 4.90 Å². The summed E-state index contributed by atoms with van der Waals surface area (Å²) in [6.07, 6.45) is 1.26. The topological polar surface area (TPSA) is 15.6 Å². The molecule has 0 amide bonds. The van der Waals surface area contributed by atoms with Crippen LogP contribution in [-0.4, -0.2) is 28.4 Å². The van der Waals surface area contributed by atoms with E-state index in [1.807, 2.05) is 11.8 Å². The van der Waals surface area contributed by atoms with Crippen LogP contribution in [-0.2, 0) is 0 Å². The Balaban J connectivity index is 0.00000264. The third-order valence-corrected chi connectivity index (χ3v) is 5.10. The molecule has 2 rings (SSSR count). The maximum absolute atomic E-state index is 5.00. The largest absolute Gasteiger partial charge is 0.347 e. The first-order valence-electron chi connectivity index (χ1n) is 8.42. The number of benzene rings is 1. The van der Waals surface area contributed by atoms with Crippen molar-refractivity contribution >= 4 is 35.0 Å². The monoisotopic (exact) mass is 354 g/mol. The van der Waals surface area contributed by atoms with E-state index < -0.39 is 0 Å². The molecule has 0 bridgehead atoms. The van der Waals surface area contributed by atoms with Crippen LogP contribution in [0.5, 0.6) is 0 Å². The molecule has 0 aliphatic carbocycles. The van der Waals surface area contributed by atoms with Gasteiger partial charge >= 0.3 is 0 Å². The van der Waals surface area contributed by atoms with Crippen LogP contribution in [0.25, 0.3) is 0 Å². The number of halogens is 1. The van der Waals surface area contributed by atoms with Crippen LogP contribution in [0.3, 0.4) is 0 Å². The van der Waals surface area contributed by atoms with Crippen LogP contribution in [0.1, 0.15) is 45.2 Å². The first-order chi connectivity index (χ1) is 10.4.